The third kappa shape index (κ3) is 4.06. The Morgan fingerprint density at radius 2 is 2.05 bits per heavy atom. The fourth-order valence-electron chi connectivity index (χ4n) is 2.70. The highest BCUT2D eigenvalue weighted by atomic mass is 32.2. The van der Waals surface area contributed by atoms with Gasteiger partial charge in [0.25, 0.3) is 0 Å². The van der Waals surface area contributed by atoms with Crippen molar-refractivity contribution < 1.29 is 13.5 Å². The molecule has 1 aromatic rings. The largest absolute Gasteiger partial charge is 0.390 e. The molecule has 120 valence electrons. The number of aliphatic hydroxyl groups excluding tert-OH is 1. The molecule has 1 aliphatic heterocycles. The minimum absolute atomic E-state index is 0.165. The van der Waals surface area contributed by atoms with E-state index in [0.717, 1.165) is 32.5 Å². The average molecular weight is 315 g/mol. The first-order valence-electron chi connectivity index (χ1n) is 7.44. The SMILES string of the molecule is CCN1CCC(CNS(=O)(=O)c2cc(CO)n(C)c2)CC1. The van der Waals surface area contributed by atoms with Crippen LogP contribution in [0.2, 0.25) is 0 Å². The number of likely N-dealkylation sites (tertiary alicyclic amines) is 1. The second kappa shape index (κ2) is 6.91. The fraction of sp³-hybridized carbons (Fsp3) is 0.714. The topological polar surface area (TPSA) is 74.6 Å². The van der Waals surface area contributed by atoms with Crippen molar-refractivity contribution in [2.45, 2.75) is 31.3 Å². The van der Waals surface area contributed by atoms with Crippen LogP contribution in [0.15, 0.2) is 17.2 Å². The van der Waals surface area contributed by atoms with E-state index in [1.54, 1.807) is 11.6 Å². The van der Waals surface area contributed by atoms with Crippen LogP contribution in [0.3, 0.4) is 0 Å². The Balaban J connectivity index is 1.92. The number of nitrogens with one attached hydrogen (secondary N) is 1. The molecule has 0 radical (unpaired) electrons. The maximum atomic E-state index is 12.3. The number of hydrogen-bond donors (Lipinski definition) is 2. The number of aryl methyl sites for hydroxylation is 1. The molecule has 0 saturated carbocycles. The second-order valence-electron chi connectivity index (χ2n) is 5.67. The number of piperidine rings is 1. The molecular formula is C14H25N3O3S. The van der Waals surface area contributed by atoms with Crippen LogP contribution in [0.5, 0.6) is 0 Å². The molecule has 0 aromatic carbocycles. The third-order valence-electron chi connectivity index (χ3n) is 4.27. The zero-order valence-electron chi connectivity index (χ0n) is 12.7. The van der Waals surface area contributed by atoms with Crippen molar-refractivity contribution in [3.8, 4) is 0 Å². The van der Waals surface area contributed by atoms with Gasteiger partial charge in [0.15, 0.2) is 0 Å². The molecule has 0 amide bonds. The Labute approximate surface area is 126 Å². The summed E-state index contributed by atoms with van der Waals surface area (Å²) in [6.45, 7) is 5.63. The van der Waals surface area contributed by atoms with Crippen molar-refractivity contribution in [2.75, 3.05) is 26.2 Å². The minimum Gasteiger partial charge on any atom is -0.390 e. The van der Waals surface area contributed by atoms with Gasteiger partial charge in [-0.05, 0) is 44.5 Å². The zero-order valence-corrected chi connectivity index (χ0v) is 13.6. The molecule has 1 aromatic heterocycles. The van der Waals surface area contributed by atoms with E-state index in [-0.39, 0.29) is 11.5 Å². The van der Waals surface area contributed by atoms with Gasteiger partial charge >= 0.3 is 0 Å². The van der Waals surface area contributed by atoms with Gasteiger partial charge < -0.3 is 14.6 Å². The van der Waals surface area contributed by atoms with Crippen LogP contribution in [0, 0.1) is 5.92 Å². The van der Waals surface area contributed by atoms with Crippen molar-refractivity contribution in [2.24, 2.45) is 13.0 Å². The monoisotopic (exact) mass is 315 g/mol. The summed E-state index contributed by atoms with van der Waals surface area (Å²) in [6, 6.07) is 1.52. The van der Waals surface area contributed by atoms with E-state index in [4.69, 9.17) is 5.11 Å². The van der Waals surface area contributed by atoms with Crippen molar-refractivity contribution in [1.29, 1.82) is 0 Å². The Morgan fingerprint density at radius 3 is 2.57 bits per heavy atom. The summed E-state index contributed by atoms with van der Waals surface area (Å²) in [4.78, 5) is 2.61. The van der Waals surface area contributed by atoms with E-state index in [9.17, 15) is 8.42 Å². The van der Waals surface area contributed by atoms with E-state index < -0.39 is 10.0 Å². The lowest BCUT2D eigenvalue weighted by atomic mass is 9.97. The van der Waals surface area contributed by atoms with Gasteiger partial charge in [-0.3, -0.25) is 0 Å². The Morgan fingerprint density at radius 1 is 1.38 bits per heavy atom. The molecule has 7 heteroatoms. The van der Waals surface area contributed by atoms with Crippen LogP contribution in [0.1, 0.15) is 25.5 Å². The van der Waals surface area contributed by atoms with Crippen LogP contribution in [-0.2, 0) is 23.7 Å². The standard InChI is InChI=1S/C14H25N3O3S/c1-3-17-6-4-12(5-7-17)9-15-21(19,20)14-8-13(11-18)16(2)10-14/h8,10,12,15,18H,3-7,9,11H2,1-2H3. The predicted octanol–water partition coefficient (Wildman–Crippen LogP) is 0.528. The maximum absolute atomic E-state index is 12.3. The van der Waals surface area contributed by atoms with E-state index in [0.29, 0.717) is 18.2 Å². The number of aromatic nitrogens is 1. The summed E-state index contributed by atoms with van der Waals surface area (Å²) in [6.07, 6.45) is 3.60. The molecule has 0 aliphatic carbocycles. The summed E-state index contributed by atoms with van der Waals surface area (Å²) >= 11 is 0. The summed E-state index contributed by atoms with van der Waals surface area (Å²) in [5, 5.41) is 9.14. The number of aliphatic hydroxyl groups is 1. The Hall–Kier alpha value is -0.890. The van der Waals surface area contributed by atoms with Crippen molar-refractivity contribution in [3.63, 3.8) is 0 Å². The minimum atomic E-state index is -3.49. The lowest BCUT2D eigenvalue weighted by molar-refractivity contribution is 0.194. The molecule has 2 rings (SSSR count). The van der Waals surface area contributed by atoms with Gasteiger partial charge in [0.05, 0.1) is 11.5 Å². The Bertz CT molecular complexity index is 560. The molecule has 2 N–H and O–H groups in total. The van der Waals surface area contributed by atoms with Gasteiger partial charge in [-0.15, -0.1) is 0 Å². The average Bonchev–Trinajstić information content (AvgIpc) is 2.88. The Kier molecular flexibility index (Phi) is 5.43. The number of hydrogen-bond acceptors (Lipinski definition) is 4. The van der Waals surface area contributed by atoms with Crippen molar-refractivity contribution in [1.82, 2.24) is 14.2 Å². The first-order chi connectivity index (χ1) is 9.96. The molecule has 1 fully saturated rings. The number of sulfonamides is 1. The maximum Gasteiger partial charge on any atom is 0.242 e. The smallest absolute Gasteiger partial charge is 0.242 e. The quantitative estimate of drug-likeness (QED) is 0.803. The lowest BCUT2D eigenvalue weighted by Gasteiger charge is -2.30. The van der Waals surface area contributed by atoms with Crippen LogP contribution in [0.4, 0.5) is 0 Å². The second-order valence-corrected chi connectivity index (χ2v) is 7.43. The molecule has 0 spiro atoms. The normalized spacial score (nSPS) is 18.2. The third-order valence-corrected chi connectivity index (χ3v) is 5.66. The number of nitrogens with zero attached hydrogens (tertiary/aromatic N) is 2. The van der Waals surface area contributed by atoms with Gasteiger partial charge in [0, 0.05) is 25.5 Å². The van der Waals surface area contributed by atoms with Crippen LogP contribution in [0.25, 0.3) is 0 Å². The van der Waals surface area contributed by atoms with Gasteiger partial charge in [-0.2, -0.15) is 0 Å². The highest BCUT2D eigenvalue weighted by Gasteiger charge is 2.22. The van der Waals surface area contributed by atoms with E-state index >= 15 is 0 Å². The van der Waals surface area contributed by atoms with Crippen molar-refractivity contribution >= 4 is 10.0 Å². The molecule has 0 atom stereocenters. The molecule has 1 saturated heterocycles. The van der Waals surface area contributed by atoms with E-state index in [1.807, 2.05) is 0 Å². The van der Waals surface area contributed by atoms with Crippen LogP contribution < -0.4 is 4.72 Å². The van der Waals surface area contributed by atoms with Gasteiger partial charge in [-0.25, -0.2) is 13.1 Å². The summed E-state index contributed by atoms with van der Waals surface area (Å²) in [5.41, 5.74) is 0.589. The van der Waals surface area contributed by atoms with Crippen LogP contribution >= 0.6 is 0 Å². The highest BCUT2D eigenvalue weighted by molar-refractivity contribution is 7.89. The van der Waals surface area contributed by atoms with Gasteiger partial charge in [0.2, 0.25) is 10.0 Å². The fourth-order valence-corrected chi connectivity index (χ4v) is 3.91. The van der Waals surface area contributed by atoms with Crippen molar-refractivity contribution in [3.05, 3.63) is 18.0 Å². The first-order valence-corrected chi connectivity index (χ1v) is 8.92. The molecule has 2 heterocycles. The first kappa shape index (κ1) is 16.5. The summed E-state index contributed by atoms with van der Waals surface area (Å²) in [7, 11) is -1.76. The van der Waals surface area contributed by atoms with Gasteiger partial charge in [-0.1, -0.05) is 6.92 Å². The molecular weight excluding hydrogens is 290 g/mol. The van der Waals surface area contributed by atoms with Gasteiger partial charge in [0.1, 0.15) is 0 Å². The summed E-state index contributed by atoms with van der Waals surface area (Å²) < 4.78 is 28.9. The zero-order chi connectivity index (χ0) is 15.5. The molecule has 6 nitrogen and oxygen atoms in total. The number of rotatable bonds is 6. The molecule has 0 unspecified atom stereocenters. The summed E-state index contributed by atoms with van der Waals surface area (Å²) in [5.74, 6) is 0.406. The van der Waals surface area contributed by atoms with E-state index in [1.165, 1.54) is 12.3 Å². The highest BCUT2D eigenvalue weighted by Crippen LogP contribution is 2.18. The molecule has 21 heavy (non-hydrogen) atoms. The van der Waals surface area contributed by atoms with Crippen LogP contribution in [-0.4, -0.2) is 49.2 Å². The van der Waals surface area contributed by atoms with E-state index in [2.05, 4.69) is 16.5 Å². The lowest BCUT2D eigenvalue weighted by Crippen LogP contribution is -2.38. The molecule has 0 bridgehead atoms. The predicted molar refractivity (Wildman–Crippen MR) is 81.4 cm³/mol. The molecule has 1 aliphatic rings.